The molecule has 1 aliphatic heterocycles. The molecule has 0 spiro atoms. The average molecular weight is 356 g/mol. The van der Waals surface area contributed by atoms with E-state index in [4.69, 9.17) is 4.98 Å². The summed E-state index contributed by atoms with van der Waals surface area (Å²) in [7, 11) is 0. The molecule has 0 atom stereocenters. The summed E-state index contributed by atoms with van der Waals surface area (Å²) in [6, 6.07) is 15.6. The Morgan fingerprint density at radius 1 is 1.07 bits per heavy atom. The number of carbonyl (C=O) groups is 1. The third-order valence-electron chi connectivity index (χ3n) is 4.63. The second kappa shape index (κ2) is 6.21. The van der Waals surface area contributed by atoms with Gasteiger partial charge in [0.25, 0.3) is 5.91 Å². The predicted octanol–water partition coefficient (Wildman–Crippen LogP) is 3.05. The van der Waals surface area contributed by atoms with Crippen molar-refractivity contribution in [2.24, 2.45) is 0 Å². The van der Waals surface area contributed by atoms with E-state index in [1.54, 1.807) is 6.20 Å². The maximum atomic E-state index is 12.5. The molecule has 0 bridgehead atoms. The first-order chi connectivity index (χ1) is 13.3. The van der Waals surface area contributed by atoms with Crippen LogP contribution in [-0.2, 0) is 6.42 Å². The van der Waals surface area contributed by atoms with Crippen molar-refractivity contribution in [1.82, 2.24) is 25.5 Å². The van der Waals surface area contributed by atoms with E-state index < -0.39 is 0 Å². The van der Waals surface area contributed by atoms with Gasteiger partial charge in [-0.1, -0.05) is 30.3 Å². The van der Waals surface area contributed by atoms with Crippen LogP contribution in [-0.4, -0.2) is 32.6 Å². The number of nitrogens with one attached hydrogen (secondary N) is 3. The molecule has 3 aromatic heterocycles. The Bertz CT molecular complexity index is 1150. The number of carbonyl (C=O) groups excluding carboxylic acids is 1. The van der Waals surface area contributed by atoms with Crippen LogP contribution in [0, 0.1) is 0 Å². The molecule has 1 aromatic carbocycles. The monoisotopic (exact) mass is 356 g/mol. The Morgan fingerprint density at radius 2 is 1.96 bits per heavy atom. The van der Waals surface area contributed by atoms with E-state index in [1.165, 1.54) is 0 Å². The Hall–Kier alpha value is -3.74. The molecule has 0 saturated heterocycles. The zero-order chi connectivity index (χ0) is 18.2. The number of fused-ring (bicyclic) bond motifs is 2. The Labute approximate surface area is 154 Å². The molecule has 132 valence electrons. The lowest BCUT2D eigenvalue weighted by Gasteiger charge is -2.20. The summed E-state index contributed by atoms with van der Waals surface area (Å²) in [5.74, 6) is 0.507. The largest absolute Gasteiger partial charge is 0.352 e. The van der Waals surface area contributed by atoms with Gasteiger partial charge in [-0.2, -0.15) is 5.10 Å². The number of aromatic amines is 1. The lowest BCUT2D eigenvalue weighted by molar-refractivity contribution is 0.0946. The number of aromatic nitrogens is 4. The number of rotatable bonds is 3. The highest BCUT2D eigenvalue weighted by Gasteiger charge is 2.24. The predicted molar refractivity (Wildman–Crippen MR) is 103 cm³/mol. The number of anilines is 2. The van der Waals surface area contributed by atoms with Crippen LogP contribution in [0.2, 0.25) is 0 Å². The number of benzene rings is 1. The molecule has 0 fully saturated rings. The highest BCUT2D eigenvalue weighted by atomic mass is 16.1. The van der Waals surface area contributed by atoms with E-state index in [9.17, 15) is 4.79 Å². The molecule has 7 heteroatoms. The molecule has 0 unspecified atom stereocenters. The number of nitrogens with zero attached hydrogens (tertiary/aromatic N) is 3. The van der Waals surface area contributed by atoms with Crippen molar-refractivity contribution in [2.75, 3.05) is 11.9 Å². The summed E-state index contributed by atoms with van der Waals surface area (Å²) >= 11 is 0. The second-order valence-corrected chi connectivity index (χ2v) is 6.35. The van der Waals surface area contributed by atoms with E-state index in [1.807, 2.05) is 48.5 Å². The maximum Gasteiger partial charge on any atom is 0.255 e. The standard InChI is InChI=1S/C20H16N6O/c27-20-17-14(8-10-22-20)23-15(12-5-2-1-3-6-12)11-16(17)24-19-13-7-4-9-21-18(13)25-26-19/h1-7,9,11H,8,10H2,(H,22,27)(H2,21,23,24,25,26). The van der Waals surface area contributed by atoms with Gasteiger partial charge >= 0.3 is 0 Å². The molecular weight excluding hydrogens is 340 g/mol. The number of pyridine rings is 2. The maximum absolute atomic E-state index is 12.5. The number of H-pyrrole nitrogens is 1. The van der Waals surface area contributed by atoms with Gasteiger partial charge in [-0.3, -0.25) is 14.9 Å². The van der Waals surface area contributed by atoms with Gasteiger partial charge in [-0.25, -0.2) is 4.98 Å². The third-order valence-corrected chi connectivity index (χ3v) is 4.63. The summed E-state index contributed by atoms with van der Waals surface area (Å²) < 4.78 is 0. The van der Waals surface area contributed by atoms with Crippen LogP contribution in [0.3, 0.4) is 0 Å². The smallest absolute Gasteiger partial charge is 0.255 e. The first kappa shape index (κ1) is 15.5. The highest BCUT2D eigenvalue weighted by molar-refractivity contribution is 6.03. The van der Waals surface area contributed by atoms with Crippen molar-refractivity contribution in [1.29, 1.82) is 0 Å². The van der Waals surface area contributed by atoms with Gasteiger partial charge in [-0.05, 0) is 18.2 Å². The van der Waals surface area contributed by atoms with E-state index in [-0.39, 0.29) is 5.91 Å². The van der Waals surface area contributed by atoms with Crippen LogP contribution in [0.4, 0.5) is 11.5 Å². The minimum Gasteiger partial charge on any atom is -0.352 e. The summed E-state index contributed by atoms with van der Waals surface area (Å²) in [6.07, 6.45) is 2.40. The number of hydrogen-bond donors (Lipinski definition) is 3. The normalized spacial score (nSPS) is 13.3. The molecule has 4 heterocycles. The fourth-order valence-electron chi connectivity index (χ4n) is 3.35. The van der Waals surface area contributed by atoms with Gasteiger partial charge in [0.15, 0.2) is 11.5 Å². The fraction of sp³-hybridized carbons (Fsp3) is 0.100. The molecule has 0 radical (unpaired) electrons. The zero-order valence-corrected chi connectivity index (χ0v) is 14.4. The van der Waals surface area contributed by atoms with Crippen LogP contribution in [0.1, 0.15) is 16.1 Å². The third kappa shape index (κ3) is 2.69. The first-order valence-electron chi connectivity index (χ1n) is 8.73. The molecule has 0 saturated carbocycles. The van der Waals surface area contributed by atoms with Gasteiger partial charge in [0.05, 0.1) is 28.0 Å². The second-order valence-electron chi connectivity index (χ2n) is 6.35. The van der Waals surface area contributed by atoms with Crippen LogP contribution >= 0.6 is 0 Å². The summed E-state index contributed by atoms with van der Waals surface area (Å²) in [5, 5.41) is 14.3. The van der Waals surface area contributed by atoms with Crippen molar-refractivity contribution >= 4 is 28.4 Å². The molecule has 4 aromatic rings. The van der Waals surface area contributed by atoms with Gasteiger partial charge in [0, 0.05) is 24.7 Å². The summed E-state index contributed by atoms with van der Waals surface area (Å²) in [5.41, 5.74) is 4.57. The number of amides is 1. The van der Waals surface area contributed by atoms with Crippen LogP contribution in [0.15, 0.2) is 54.7 Å². The SMILES string of the molecule is O=C1NCCc2nc(-c3ccccc3)cc(Nc3n[nH]c4ncccc34)c21. The van der Waals surface area contributed by atoms with E-state index in [0.717, 1.165) is 22.3 Å². The molecule has 1 aliphatic rings. The molecular formula is C20H16N6O. The topological polar surface area (TPSA) is 95.6 Å². The van der Waals surface area contributed by atoms with Gasteiger partial charge in [0.2, 0.25) is 0 Å². The van der Waals surface area contributed by atoms with Crippen molar-refractivity contribution in [3.63, 3.8) is 0 Å². The zero-order valence-electron chi connectivity index (χ0n) is 14.4. The van der Waals surface area contributed by atoms with E-state index >= 15 is 0 Å². The quantitative estimate of drug-likeness (QED) is 0.524. The van der Waals surface area contributed by atoms with Crippen molar-refractivity contribution in [3.05, 3.63) is 66.0 Å². The molecule has 7 nitrogen and oxygen atoms in total. The Kier molecular flexibility index (Phi) is 3.57. The van der Waals surface area contributed by atoms with Crippen molar-refractivity contribution < 1.29 is 4.79 Å². The first-order valence-corrected chi connectivity index (χ1v) is 8.73. The summed E-state index contributed by atoms with van der Waals surface area (Å²) in [4.78, 5) is 21.5. The van der Waals surface area contributed by atoms with Gasteiger partial charge in [0.1, 0.15) is 0 Å². The van der Waals surface area contributed by atoms with Gasteiger partial charge < -0.3 is 10.6 Å². The highest BCUT2D eigenvalue weighted by Crippen LogP contribution is 2.31. The molecule has 27 heavy (non-hydrogen) atoms. The lowest BCUT2D eigenvalue weighted by Crippen LogP contribution is -2.33. The van der Waals surface area contributed by atoms with Gasteiger partial charge in [-0.15, -0.1) is 0 Å². The van der Waals surface area contributed by atoms with Crippen LogP contribution < -0.4 is 10.6 Å². The fourth-order valence-corrected chi connectivity index (χ4v) is 3.35. The minimum atomic E-state index is -0.121. The molecule has 1 amide bonds. The Morgan fingerprint density at radius 3 is 2.85 bits per heavy atom. The summed E-state index contributed by atoms with van der Waals surface area (Å²) in [6.45, 7) is 0.589. The van der Waals surface area contributed by atoms with Crippen molar-refractivity contribution in [3.8, 4) is 11.3 Å². The minimum absolute atomic E-state index is 0.121. The van der Waals surface area contributed by atoms with E-state index in [0.29, 0.717) is 35.7 Å². The van der Waals surface area contributed by atoms with Crippen LogP contribution in [0.25, 0.3) is 22.3 Å². The number of hydrogen-bond acceptors (Lipinski definition) is 5. The van der Waals surface area contributed by atoms with Crippen LogP contribution in [0.5, 0.6) is 0 Å². The molecule has 0 aliphatic carbocycles. The van der Waals surface area contributed by atoms with Crippen molar-refractivity contribution in [2.45, 2.75) is 6.42 Å². The molecule has 5 rings (SSSR count). The molecule has 3 N–H and O–H groups in total. The van der Waals surface area contributed by atoms with E-state index in [2.05, 4.69) is 25.8 Å². The lowest BCUT2D eigenvalue weighted by atomic mass is 10.0. The Balaban J connectivity index is 1.66. The average Bonchev–Trinajstić information content (AvgIpc) is 3.11.